The number of allylic oxidation sites excluding steroid dienone is 2. The molecule has 0 bridgehead atoms. The average molecular weight is 677 g/mol. The molecule has 0 amide bonds. The predicted molar refractivity (Wildman–Crippen MR) is 226 cm³/mol. The van der Waals surface area contributed by atoms with E-state index in [0.29, 0.717) is 0 Å². The van der Waals surface area contributed by atoms with Crippen molar-refractivity contribution in [1.82, 2.24) is 0 Å². The molecule has 0 atom stereocenters. The molecule has 4 aliphatic rings. The third kappa shape index (κ3) is 3.98. The molecule has 0 nitrogen and oxygen atoms in total. The van der Waals surface area contributed by atoms with Crippen LogP contribution >= 0.6 is 0 Å². The Kier molecular flexibility index (Phi) is 6.25. The fraction of sp³-hybridized carbons (Fsp3) is 0.0588. The van der Waals surface area contributed by atoms with E-state index in [0.717, 1.165) is 0 Å². The van der Waals surface area contributed by atoms with Crippen LogP contribution < -0.4 is 5.19 Å². The van der Waals surface area contributed by atoms with Crippen molar-refractivity contribution in [3.05, 3.63) is 196 Å². The monoisotopic (exact) mass is 676 g/mol. The van der Waals surface area contributed by atoms with Crippen LogP contribution in [0.25, 0.3) is 78.5 Å². The van der Waals surface area contributed by atoms with Crippen molar-refractivity contribution in [2.75, 3.05) is 0 Å². The van der Waals surface area contributed by atoms with Gasteiger partial charge in [-0.3, -0.25) is 0 Å². The summed E-state index contributed by atoms with van der Waals surface area (Å²) in [5, 5.41) is 9.90. The highest BCUT2D eigenvalue weighted by atomic mass is 28.3. The highest BCUT2D eigenvalue weighted by Gasteiger charge is 2.47. The molecule has 0 unspecified atom stereocenters. The number of hydrogen-bond acceptors (Lipinski definition) is 0. The van der Waals surface area contributed by atoms with Crippen molar-refractivity contribution in [2.45, 2.75) is 20.4 Å². The van der Waals surface area contributed by atoms with Gasteiger partial charge in [-0.1, -0.05) is 169 Å². The third-order valence-corrected chi connectivity index (χ3v) is 17.0. The standard InChI is InChI=1S/C51H36Si/c1-31-29-37-13-9-19-44(40-27-25-35-23-21-33-11-7-17-42(40)46(33)35)48(37)50(31)52(3,39-15-5-4-6-16-39)51-32(2)30-38-14-10-20-45(49(38)51)41-28-26-36-24-22-34-12-8-18-43(41)47(34)36/h4-30H,1-3H3. The van der Waals surface area contributed by atoms with Gasteiger partial charge in [0, 0.05) is 12.8 Å². The van der Waals surface area contributed by atoms with Crippen LogP contribution in [-0.4, -0.2) is 8.07 Å². The first kappa shape index (κ1) is 29.9. The lowest BCUT2D eigenvalue weighted by Gasteiger charge is -2.36. The van der Waals surface area contributed by atoms with Crippen molar-refractivity contribution in [2.24, 2.45) is 0 Å². The fourth-order valence-electron chi connectivity index (χ4n) is 10.2. The molecule has 0 fully saturated rings. The molecule has 52 heavy (non-hydrogen) atoms. The second-order valence-electron chi connectivity index (χ2n) is 15.0. The Labute approximate surface area is 306 Å². The van der Waals surface area contributed by atoms with E-state index in [9.17, 15) is 0 Å². The van der Waals surface area contributed by atoms with Gasteiger partial charge in [-0.25, -0.2) is 0 Å². The van der Waals surface area contributed by atoms with Crippen LogP contribution in [0.2, 0.25) is 6.55 Å². The van der Waals surface area contributed by atoms with Crippen molar-refractivity contribution < 1.29 is 0 Å². The van der Waals surface area contributed by atoms with Crippen LogP contribution in [0.4, 0.5) is 0 Å². The summed E-state index contributed by atoms with van der Waals surface area (Å²) >= 11 is 0. The molecule has 0 saturated carbocycles. The fourth-order valence-corrected chi connectivity index (χ4v) is 15.1. The van der Waals surface area contributed by atoms with E-state index >= 15 is 0 Å². The summed E-state index contributed by atoms with van der Waals surface area (Å²) in [5.41, 5.74) is 18.8. The smallest absolute Gasteiger partial charge is 0.0642 e. The van der Waals surface area contributed by atoms with E-state index < -0.39 is 8.07 Å². The topological polar surface area (TPSA) is 0 Å². The minimum atomic E-state index is -2.70. The molecule has 0 saturated heterocycles. The molecule has 0 spiro atoms. The lowest BCUT2D eigenvalue weighted by Crippen LogP contribution is -2.48. The first-order chi connectivity index (χ1) is 25.5. The zero-order valence-electron chi connectivity index (χ0n) is 29.6. The van der Waals surface area contributed by atoms with Gasteiger partial charge in [-0.2, -0.15) is 0 Å². The molecule has 4 aliphatic carbocycles. The summed E-state index contributed by atoms with van der Waals surface area (Å²) < 4.78 is 0. The van der Waals surface area contributed by atoms with Crippen LogP contribution in [0.3, 0.4) is 0 Å². The van der Waals surface area contributed by atoms with Crippen LogP contribution in [-0.2, 0) is 0 Å². The Hall–Kier alpha value is -5.76. The summed E-state index contributed by atoms with van der Waals surface area (Å²) in [5.74, 6) is 0. The maximum absolute atomic E-state index is 2.70. The van der Waals surface area contributed by atoms with E-state index in [1.165, 1.54) is 115 Å². The minimum Gasteiger partial charge on any atom is -0.0642 e. The Bertz CT molecular complexity index is 2660. The predicted octanol–water partition coefficient (Wildman–Crippen LogP) is 12.7. The maximum Gasteiger partial charge on any atom is 0.146 e. The summed E-state index contributed by atoms with van der Waals surface area (Å²) in [6, 6.07) is 48.4. The molecule has 1 heteroatoms. The van der Waals surface area contributed by atoms with E-state index in [2.05, 4.69) is 185 Å². The van der Waals surface area contributed by atoms with Gasteiger partial charge in [0.2, 0.25) is 0 Å². The molecular formula is C51H36Si. The highest BCUT2D eigenvalue weighted by molar-refractivity contribution is 7.18. The largest absolute Gasteiger partial charge is 0.146 e. The van der Waals surface area contributed by atoms with Crippen LogP contribution in [0.5, 0.6) is 0 Å². The molecule has 244 valence electrons. The molecule has 11 rings (SSSR count). The summed E-state index contributed by atoms with van der Waals surface area (Å²) in [6.07, 6.45) is 14.0. The third-order valence-electron chi connectivity index (χ3n) is 12.3. The maximum atomic E-state index is 2.63. The molecule has 7 aromatic carbocycles. The molecule has 0 N–H and O–H groups in total. The normalized spacial score (nSPS) is 15.1. The number of benzene rings is 7. The Morgan fingerprint density at radius 1 is 0.365 bits per heavy atom. The van der Waals surface area contributed by atoms with Gasteiger partial charge < -0.3 is 0 Å². The van der Waals surface area contributed by atoms with E-state index in [-0.39, 0.29) is 0 Å². The van der Waals surface area contributed by atoms with E-state index in [1.807, 2.05) is 0 Å². The van der Waals surface area contributed by atoms with Crippen LogP contribution in [0.1, 0.15) is 58.4 Å². The lowest BCUT2D eigenvalue weighted by atomic mass is 9.91. The molecule has 0 aliphatic heterocycles. The minimum absolute atomic E-state index is 1.31. The first-order valence-electron chi connectivity index (χ1n) is 18.4. The van der Waals surface area contributed by atoms with Gasteiger partial charge in [-0.15, -0.1) is 0 Å². The van der Waals surface area contributed by atoms with Crippen molar-refractivity contribution >= 4 is 69.5 Å². The Morgan fingerprint density at radius 2 is 0.788 bits per heavy atom. The lowest BCUT2D eigenvalue weighted by molar-refractivity contribution is 1.44. The average Bonchev–Trinajstić information content (AvgIpc) is 3.96. The Morgan fingerprint density at radius 3 is 1.27 bits per heavy atom. The zero-order valence-corrected chi connectivity index (χ0v) is 30.6. The second kappa shape index (κ2) is 10.9. The van der Waals surface area contributed by atoms with Crippen LogP contribution in [0.15, 0.2) is 139 Å². The summed E-state index contributed by atoms with van der Waals surface area (Å²) in [4.78, 5) is 0. The zero-order chi connectivity index (χ0) is 34.7. The summed E-state index contributed by atoms with van der Waals surface area (Å²) in [7, 11) is -2.70. The number of hydrogen-bond donors (Lipinski definition) is 0. The molecular weight excluding hydrogens is 641 g/mol. The van der Waals surface area contributed by atoms with Gasteiger partial charge in [-0.05, 0) is 118 Å². The molecule has 0 aromatic heterocycles. The molecule has 0 heterocycles. The van der Waals surface area contributed by atoms with Gasteiger partial charge in [0.05, 0.1) is 0 Å². The van der Waals surface area contributed by atoms with Gasteiger partial charge in [0.25, 0.3) is 0 Å². The Balaban J connectivity index is 1.18. The van der Waals surface area contributed by atoms with Gasteiger partial charge >= 0.3 is 0 Å². The van der Waals surface area contributed by atoms with Crippen LogP contribution in [0, 0.1) is 12.8 Å². The van der Waals surface area contributed by atoms with Gasteiger partial charge in [0.15, 0.2) is 0 Å². The SMILES string of the molecule is CC1=C([Si](C)(C2=C(C)[CH]c3cccc(-c4ccc5c6c(cccc46)C=C5)c32)c2ccccc2)c2c(cccc2-c2ccc3c4c(cccc24)C=C3)[CH]1. The van der Waals surface area contributed by atoms with E-state index in [1.54, 1.807) is 0 Å². The first-order valence-corrected chi connectivity index (χ1v) is 20.9. The number of fused-ring (bicyclic) bond motifs is 2. The molecule has 2 radical (unpaired) electrons. The van der Waals surface area contributed by atoms with E-state index in [4.69, 9.17) is 0 Å². The highest BCUT2D eigenvalue weighted by Crippen LogP contribution is 2.54. The van der Waals surface area contributed by atoms with Gasteiger partial charge in [0.1, 0.15) is 8.07 Å². The van der Waals surface area contributed by atoms with Crippen molar-refractivity contribution in [3.63, 3.8) is 0 Å². The molecule has 7 aromatic rings. The second-order valence-corrected chi connectivity index (χ2v) is 18.9. The van der Waals surface area contributed by atoms with Crippen molar-refractivity contribution in [1.29, 1.82) is 0 Å². The quantitative estimate of drug-likeness (QED) is 0.159. The number of rotatable bonds is 5. The van der Waals surface area contributed by atoms with Crippen molar-refractivity contribution in [3.8, 4) is 22.3 Å². The summed E-state index contributed by atoms with van der Waals surface area (Å²) in [6.45, 7) is 7.36.